The monoisotopic (exact) mass is 390 g/mol. The summed E-state index contributed by atoms with van der Waals surface area (Å²) < 4.78 is 7.34. The van der Waals surface area contributed by atoms with E-state index in [1.54, 1.807) is 0 Å². The van der Waals surface area contributed by atoms with Crippen LogP contribution in [0.4, 0.5) is 0 Å². The summed E-state index contributed by atoms with van der Waals surface area (Å²) in [4.78, 5) is 0. The summed E-state index contributed by atoms with van der Waals surface area (Å²) >= 11 is 0. The molecule has 140 valence electrons. The topological polar surface area (TPSA) is 9.23 Å². The Balaban J connectivity index is 3.62. The molecule has 0 N–H and O–H groups in total. The highest BCUT2D eigenvalue weighted by atomic mass is 28.4. The Morgan fingerprint density at radius 3 is 1.64 bits per heavy atom. The van der Waals surface area contributed by atoms with Gasteiger partial charge in [-0.1, -0.05) is 76.1 Å². The summed E-state index contributed by atoms with van der Waals surface area (Å²) in [6.45, 7) is 29.6. The van der Waals surface area contributed by atoms with Crippen molar-refractivity contribution in [3.05, 3.63) is 54.9 Å². The molecule has 0 saturated heterocycles. The van der Waals surface area contributed by atoms with Crippen LogP contribution < -0.4 is 5.19 Å². The zero-order chi connectivity index (χ0) is 19.7. The predicted octanol–water partition coefficient (Wildman–Crippen LogP) is 5.99. The minimum atomic E-state index is -2.29. The number of rotatable bonds is 8. The minimum Gasteiger partial charge on any atom is -0.410 e. The Morgan fingerprint density at radius 2 is 1.24 bits per heavy atom. The van der Waals surface area contributed by atoms with Gasteiger partial charge in [0, 0.05) is 5.22 Å². The summed E-state index contributed by atoms with van der Waals surface area (Å²) in [6.07, 6.45) is 0. The molecule has 0 heterocycles. The van der Waals surface area contributed by atoms with Crippen LogP contribution in [0.2, 0.25) is 37.4 Å². The van der Waals surface area contributed by atoms with Crippen LogP contribution in [0.3, 0.4) is 0 Å². The molecule has 4 heteroatoms. The second kappa shape index (κ2) is 7.14. The van der Waals surface area contributed by atoms with E-state index < -0.39 is 24.5 Å². The van der Waals surface area contributed by atoms with Crippen LogP contribution in [-0.4, -0.2) is 29.7 Å². The van der Waals surface area contributed by atoms with Gasteiger partial charge in [-0.2, -0.15) is 0 Å². The zero-order valence-corrected chi connectivity index (χ0v) is 20.9. The first kappa shape index (κ1) is 22.4. The molecule has 0 amide bonds. The fourth-order valence-electron chi connectivity index (χ4n) is 3.06. The summed E-state index contributed by atoms with van der Waals surface area (Å²) in [5.74, 6) is 0. The Kier molecular flexibility index (Phi) is 6.38. The molecule has 25 heavy (non-hydrogen) atoms. The maximum absolute atomic E-state index is 7.24. The van der Waals surface area contributed by atoms with E-state index in [0.29, 0.717) is 0 Å². The Hall–Kier alpha value is -0.689. The molecular weight excluding hydrogens is 352 g/mol. The van der Waals surface area contributed by atoms with E-state index in [-0.39, 0.29) is 9.89 Å². The molecule has 0 saturated carbocycles. The maximum atomic E-state index is 7.24. The molecule has 1 aromatic carbocycles. The van der Waals surface area contributed by atoms with Crippen molar-refractivity contribution in [3.63, 3.8) is 0 Å². The molecule has 1 nitrogen and oxygen atoms in total. The molecule has 0 aliphatic carbocycles. The van der Waals surface area contributed by atoms with Crippen LogP contribution in [0, 0.1) is 0 Å². The molecule has 0 aliphatic heterocycles. The number of hydrogen-bond donors (Lipinski definition) is 0. The number of benzene rings is 1. The summed E-state index contributed by atoms with van der Waals surface area (Å²) in [5, 5.41) is 1.21. The van der Waals surface area contributed by atoms with Gasteiger partial charge in [0.1, 0.15) is 8.07 Å². The van der Waals surface area contributed by atoms with Gasteiger partial charge in [0.15, 0.2) is 0 Å². The van der Waals surface area contributed by atoms with Crippen LogP contribution in [0.5, 0.6) is 0 Å². The summed E-state index contributed by atoms with van der Waals surface area (Å²) in [5.41, 5.74) is 4.39. The van der Waals surface area contributed by atoms with E-state index in [1.165, 1.54) is 5.19 Å². The third-order valence-electron chi connectivity index (χ3n) is 7.16. The second-order valence-corrected chi connectivity index (χ2v) is 24.2. The molecule has 0 fully saturated rings. The third-order valence-corrected chi connectivity index (χ3v) is 23.9. The van der Waals surface area contributed by atoms with Crippen molar-refractivity contribution in [1.29, 1.82) is 0 Å². The van der Waals surface area contributed by atoms with Crippen LogP contribution in [0.1, 0.15) is 27.7 Å². The molecule has 0 aromatic heterocycles. The molecule has 1 rings (SSSR count). The first-order valence-corrected chi connectivity index (χ1v) is 17.8. The predicted molar refractivity (Wildman–Crippen MR) is 122 cm³/mol. The average Bonchev–Trinajstić information content (AvgIpc) is 2.54. The lowest BCUT2D eigenvalue weighted by molar-refractivity contribution is 0.172. The van der Waals surface area contributed by atoms with Gasteiger partial charge in [0.25, 0.3) is 0 Å². The van der Waals surface area contributed by atoms with Gasteiger partial charge >= 0.3 is 0 Å². The summed E-state index contributed by atoms with van der Waals surface area (Å²) in [6, 6.07) is 10.9. The number of hydrogen-bond acceptors (Lipinski definition) is 1. The second-order valence-electron chi connectivity index (χ2n) is 9.49. The lowest BCUT2D eigenvalue weighted by Gasteiger charge is -2.54. The third kappa shape index (κ3) is 3.87. The molecule has 0 radical (unpaired) electrons. The Labute approximate surface area is 159 Å². The zero-order valence-electron chi connectivity index (χ0n) is 17.9. The Morgan fingerprint density at radius 1 is 0.800 bits per heavy atom. The van der Waals surface area contributed by atoms with E-state index in [9.17, 15) is 0 Å². The van der Waals surface area contributed by atoms with Crippen molar-refractivity contribution < 1.29 is 4.43 Å². The minimum absolute atomic E-state index is 0.103. The van der Waals surface area contributed by atoms with Gasteiger partial charge in [0.2, 0.25) is 8.32 Å². The molecule has 1 atom stereocenters. The van der Waals surface area contributed by atoms with Crippen molar-refractivity contribution in [1.82, 2.24) is 0 Å². The lowest BCUT2D eigenvalue weighted by Crippen LogP contribution is -2.69. The van der Waals surface area contributed by atoms with Crippen LogP contribution in [0.15, 0.2) is 54.9 Å². The molecule has 1 unspecified atom stereocenters. The Bertz CT molecular complexity index is 617. The molecule has 0 spiro atoms. The first-order valence-electron chi connectivity index (χ1n) is 9.21. The highest BCUT2D eigenvalue weighted by Crippen LogP contribution is 2.48. The smallest absolute Gasteiger partial charge is 0.224 e. The van der Waals surface area contributed by atoms with E-state index in [0.717, 1.165) is 0 Å². The van der Waals surface area contributed by atoms with Gasteiger partial charge in [-0.3, -0.25) is 0 Å². The van der Waals surface area contributed by atoms with Crippen molar-refractivity contribution in [2.75, 3.05) is 0 Å². The fourth-order valence-corrected chi connectivity index (χ4v) is 14.5. The lowest BCUT2D eigenvalue weighted by atomic mass is 10.4. The average molecular weight is 391 g/mol. The van der Waals surface area contributed by atoms with Crippen LogP contribution in [0.25, 0.3) is 0 Å². The first-order chi connectivity index (χ1) is 11.2. The van der Waals surface area contributed by atoms with Gasteiger partial charge < -0.3 is 4.43 Å². The van der Waals surface area contributed by atoms with Crippen LogP contribution in [-0.2, 0) is 4.43 Å². The van der Waals surface area contributed by atoms with Crippen LogP contribution >= 0.6 is 0 Å². The SMILES string of the molecule is C=C[Si](C)(C)C(C)(C)O[Si](C)(c1ccccc1)C(C)(C)[Si](C)(C)C=C. The van der Waals surface area contributed by atoms with Gasteiger partial charge in [-0.05, 0) is 30.2 Å². The largest absolute Gasteiger partial charge is 0.410 e. The van der Waals surface area contributed by atoms with E-state index in [1.807, 2.05) is 0 Å². The van der Waals surface area contributed by atoms with Crippen molar-refractivity contribution in [3.8, 4) is 0 Å². The maximum Gasteiger partial charge on any atom is 0.224 e. The van der Waals surface area contributed by atoms with E-state index in [2.05, 4.69) is 115 Å². The highest BCUT2D eigenvalue weighted by Gasteiger charge is 2.57. The molecular formula is C21H38OSi3. The normalized spacial score (nSPS) is 16.2. The molecule has 0 bridgehead atoms. The van der Waals surface area contributed by atoms with Crippen molar-refractivity contribution >= 4 is 29.7 Å². The van der Waals surface area contributed by atoms with Gasteiger partial charge in [-0.25, -0.2) is 0 Å². The summed E-state index contributed by atoms with van der Waals surface area (Å²) in [7, 11) is -5.73. The quantitative estimate of drug-likeness (QED) is 0.495. The van der Waals surface area contributed by atoms with E-state index in [4.69, 9.17) is 4.43 Å². The van der Waals surface area contributed by atoms with Gasteiger partial charge in [-0.15, -0.1) is 18.9 Å². The molecule has 0 aliphatic rings. The van der Waals surface area contributed by atoms with Crippen molar-refractivity contribution in [2.24, 2.45) is 0 Å². The van der Waals surface area contributed by atoms with E-state index >= 15 is 0 Å². The van der Waals surface area contributed by atoms with Gasteiger partial charge in [0.05, 0.1) is 8.07 Å². The standard InChI is InChI=1S/C21H38OSi3/c1-12-23(7,8)20(3,4)22-25(11,19-17-15-14-16-18-19)21(5,6)24(9,10)13-2/h12-18H,1-2H2,3-11H3. The highest BCUT2D eigenvalue weighted by molar-refractivity contribution is 7.05. The molecule has 1 aromatic rings. The fraction of sp³-hybridized carbons (Fsp3) is 0.524. The van der Waals surface area contributed by atoms with Crippen molar-refractivity contribution in [2.45, 2.75) is 70.3 Å².